The molecule has 2 atom stereocenters. The van der Waals surface area contributed by atoms with E-state index in [-0.39, 0.29) is 12.2 Å². The third-order valence-corrected chi connectivity index (χ3v) is 1.97. The summed E-state index contributed by atoms with van der Waals surface area (Å²) in [4.78, 5) is 2.00. The summed E-state index contributed by atoms with van der Waals surface area (Å²) in [5, 5.41) is 10.4. The fourth-order valence-electron chi connectivity index (χ4n) is 1.52. The molecule has 1 heterocycles. The van der Waals surface area contributed by atoms with Crippen molar-refractivity contribution in [1.29, 1.82) is 5.41 Å². The van der Waals surface area contributed by atoms with Crippen molar-refractivity contribution in [3.8, 4) is 0 Å². The Labute approximate surface area is 73.4 Å². The highest BCUT2D eigenvalue weighted by Crippen LogP contribution is 2.09. The van der Waals surface area contributed by atoms with E-state index in [1.807, 2.05) is 18.7 Å². The van der Waals surface area contributed by atoms with Crippen LogP contribution in [0.15, 0.2) is 0 Å². The zero-order valence-electron chi connectivity index (χ0n) is 7.92. The molecule has 0 aliphatic carbocycles. The third-order valence-electron chi connectivity index (χ3n) is 1.97. The van der Waals surface area contributed by atoms with E-state index in [2.05, 4.69) is 5.32 Å². The highest BCUT2D eigenvalue weighted by Gasteiger charge is 2.23. The Morgan fingerprint density at radius 1 is 1.42 bits per heavy atom. The van der Waals surface area contributed by atoms with Crippen molar-refractivity contribution >= 4 is 5.96 Å². The van der Waals surface area contributed by atoms with E-state index in [0.717, 1.165) is 13.1 Å². The van der Waals surface area contributed by atoms with Gasteiger partial charge in [-0.1, -0.05) is 0 Å². The van der Waals surface area contributed by atoms with Crippen LogP contribution in [0.3, 0.4) is 0 Å². The van der Waals surface area contributed by atoms with E-state index >= 15 is 0 Å². The molecule has 1 rings (SSSR count). The highest BCUT2D eigenvalue weighted by molar-refractivity contribution is 5.76. The van der Waals surface area contributed by atoms with Crippen molar-refractivity contribution in [2.75, 3.05) is 20.1 Å². The first kappa shape index (κ1) is 9.32. The maximum atomic E-state index is 7.57. The quantitative estimate of drug-likeness (QED) is 0.406. The molecular formula is C8H17N3O. The van der Waals surface area contributed by atoms with Crippen LogP contribution in [0.4, 0.5) is 0 Å². The van der Waals surface area contributed by atoms with Crippen molar-refractivity contribution in [1.82, 2.24) is 10.2 Å². The molecule has 0 aromatic carbocycles. The summed E-state index contributed by atoms with van der Waals surface area (Å²) in [5.74, 6) is 0.483. The summed E-state index contributed by atoms with van der Waals surface area (Å²) in [7, 11) is 1.77. The largest absolute Gasteiger partial charge is 0.372 e. The lowest BCUT2D eigenvalue weighted by molar-refractivity contribution is -0.0490. The number of guanidine groups is 1. The predicted molar refractivity (Wildman–Crippen MR) is 48.4 cm³/mol. The second-order valence-electron chi connectivity index (χ2n) is 3.26. The van der Waals surface area contributed by atoms with E-state index in [9.17, 15) is 0 Å². The molecule has 2 unspecified atom stereocenters. The molecule has 0 spiro atoms. The molecule has 0 amide bonds. The molecule has 12 heavy (non-hydrogen) atoms. The van der Waals surface area contributed by atoms with Crippen LogP contribution in [-0.4, -0.2) is 43.2 Å². The number of hydrogen-bond donors (Lipinski definition) is 2. The zero-order valence-corrected chi connectivity index (χ0v) is 7.92. The van der Waals surface area contributed by atoms with Gasteiger partial charge in [0.2, 0.25) is 0 Å². The minimum absolute atomic E-state index is 0.224. The van der Waals surface area contributed by atoms with Gasteiger partial charge in [-0.3, -0.25) is 5.41 Å². The molecule has 1 fully saturated rings. The van der Waals surface area contributed by atoms with E-state index in [0.29, 0.717) is 5.96 Å². The molecule has 0 saturated carbocycles. The van der Waals surface area contributed by atoms with Gasteiger partial charge >= 0.3 is 0 Å². The number of morpholine rings is 1. The Morgan fingerprint density at radius 3 is 2.33 bits per heavy atom. The molecule has 70 valence electrons. The molecule has 2 N–H and O–H groups in total. The average Bonchev–Trinajstić information content (AvgIpc) is 2.01. The molecule has 1 aliphatic rings. The van der Waals surface area contributed by atoms with Crippen LogP contribution in [0.2, 0.25) is 0 Å². The predicted octanol–water partition coefficient (Wildman–Crippen LogP) is 0.250. The molecule has 4 heteroatoms. The van der Waals surface area contributed by atoms with Gasteiger partial charge in [0.25, 0.3) is 0 Å². The summed E-state index contributed by atoms with van der Waals surface area (Å²) in [6.07, 6.45) is 0.449. The summed E-state index contributed by atoms with van der Waals surface area (Å²) >= 11 is 0. The fourth-order valence-corrected chi connectivity index (χ4v) is 1.52. The topological polar surface area (TPSA) is 48.4 Å². The van der Waals surface area contributed by atoms with Crippen molar-refractivity contribution < 1.29 is 4.74 Å². The second kappa shape index (κ2) is 3.76. The number of hydrogen-bond acceptors (Lipinski definition) is 2. The number of nitrogens with zero attached hydrogens (tertiary/aromatic N) is 1. The lowest BCUT2D eigenvalue weighted by Gasteiger charge is -2.36. The highest BCUT2D eigenvalue weighted by atomic mass is 16.5. The summed E-state index contributed by atoms with van der Waals surface area (Å²) in [6, 6.07) is 0. The Bertz CT molecular complexity index is 162. The maximum Gasteiger partial charge on any atom is 0.190 e. The standard InChI is InChI=1S/C8H17N3O/c1-6-4-11(8(9)10-3)5-7(2)12-6/h6-7H,4-5H2,1-3H3,(H2,9,10). The van der Waals surface area contributed by atoms with E-state index in [1.165, 1.54) is 0 Å². The number of nitrogens with one attached hydrogen (secondary N) is 2. The SMILES string of the molecule is CNC(=N)N1CC(C)OC(C)C1. The van der Waals surface area contributed by atoms with Crippen molar-refractivity contribution in [2.24, 2.45) is 0 Å². The summed E-state index contributed by atoms with van der Waals surface area (Å²) in [6.45, 7) is 5.69. The minimum Gasteiger partial charge on any atom is -0.372 e. The molecule has 0 aromatic heterocycles. The lowest BCUT2D eigenvalue weighted by Crippen LogP contribution is -2.51. The number of rotatable bonds is 0. The molecule has 0 radical (unpaired) electrons. The molecule has 1 saturated heterocycles. The second-order valence-corrected chi connectivity index (χ2v) is 3.26. The van der Waals surface area contributed by atoms with Gasteiger partial charge in [-0.25, -0.2) is 0 Å². The van der Waals surface area contributed by atoms with Gasteiger partial charge < -0.3 is 15.0 Å². The van der Waals surface area contributed by atoms with Crippen LogP contribution in [0.5, 0.6) is 0 Å². The van der Waals surface area contributed by atoms with Crippen molar-refractivity contribution in [2.45, 2.75) is 26.1 Å². The van der Waals surface area contributed by atoms with E-state index in [4.69, 9.17) is 10.1 Å². The molecule has 1 aliphatic heterocycles. The normalized spacial score (nSPS) is 30.1. The Balaban J connectivity index is 2.49. The Hall–Kier alpha value is -0.770. The van der Waals surface area contributed by atoms with Crippen LogP contribution in [0, 0.1) is 5.41 Å². The van der Waals surface area contributed by atoms with E-state index in [1.54, 1.807) is 7.05 Å². The van der Waals surface area contributed by atoms with E-state index < -0.39 is 0 Å². The zero-order chi connectivity index (χ0) is 9.14. The molecule has 4 nitrogen and oxygen atoms in total. The molecular weight excluding hydrogens is 154 g/mol. The summed E-state index contributed by atoms with van der Waals surface area (Å²) in [5.41, 5.74) is 0. The smallest absolute Gasteiger partial charge is 0.190 e. The lowest BCUT2D eigenvalue weighted by atomic mass is 10.2. The third kappa shape index (κ3) is 2.11. The van der Waals surface area contributed by atoms with Gasteiger partial charge in [-0.2, -0.15) is 0 Å². The Morgan fingerprint density at radius 2 is 1.92 bits per heavy atom. The molecule has 0 bridgehead atoms. The number of ether oxygens (including phenoxy) is 1. The fraction of sp³-hybridized carbons (Fsp3) is 0.875. The van der Waals surface area contributed by atoms with Crippen LogP contribution < -0.4 is 5.32 Å². The van der Waals surface area contributed by atoms with Gasteiger partial charge in [0, 0.05) is 20.1 Å². The van der Waals surface area contributed by atoms with Crippen LogP contribution in [0.25, 0.3) is 0 Å². The van der Waals surface area contributed by atoms with Crippen molar-refractivity contribution in [3.05, 3.63) is 0 Å². The van der Waals surface area contributed by atoms with Gasteiger partial charge in [0.1, 0.15) is 0 Å². The van der Waals surface area contributed by atoms with Crippen LogP contribution in [-0.2, 0) is 4.74 Å². The van der Waals surface area contributed by atoms with Gasteiger partial charge in [0.15, 0.2) is 5.96 Å². The average molecular weight is 171 g/mol. The van der Waals surface area contributed by atoms with Gasteiger partial charge in [0.05, 0.1) is 12.2 Å². The monoisotopic (exact) mass is 171 g/mol. The maximum absolute atomic E-state index is 7.57. The first-order chi connectivity index (χ1) is 5.63. The van der Waals surface area contributed by atoms with Crippen molar-refractivity contribution in [3.63, 3.8) is 0 Å². The Kier molecular flexibility index (Phi) is 2.92. The molecule has 0 aromatic rings. The van der Waals surface area contributed by atoms with Crippen LogP contribution >= 0.6 is 0 Å². The van der Waals surface area contributed by atoms with Gasteiger partial charge in [-0.15, -0.1) is 0 Å². The minimum atomic E-state index is 0.224. The first-order valence-corrected chi connectivity index (χ1v) is 4.30. The summed E-state index contributed by atoms with van der Waals surface area (Å²) < 4.78 is 5.54. The van der Waals surface area contributed by atoms with Crippen LogP contribution in [0.1, 0.15) is 13.8 Å². The van der Waals surface area contributed by atoms with Gasteiger partial charge in [-0.05, 0) is 13.8 Å². The first-order valence-electron chi connectivity index (χ1n) is 4.30.